The SMILES string of the molecule is CC(CCCC(=O)O)c1ccn(C)c1. The summed E-state index contributed by atoms with van der Waals surface area (Å²) >= 11 is 0. The zero-order valence-electron chi connectivity index (χ0n) is 8.73. The Morgan fingerprint density at radius 1 is 1.64 bits per heavy atom. The highest BCUT2D eigenvalue weighted by molar-refractivity contribution is 5.66. The van der Waals surface area contributed by atoms with E-state index < -0.39 is 5.97 Å². The van der Waals surface area contributed by atoms with Gasteiger partial charge in [0.1, 0.15) is 0 Å². The van der Waals surface area contributed by atoms with Gasteiger partial charge in [-0.15, -0.1) is 0 Å². The standard InChI is InChI=1S/C11H17NO2/c1-9(4-3-5-11(13)14)10-6-7-12(2)8-10/h6-9H,3-5H2,1-2H3,(H,13,14). The molecule has 0 saturated carbocycles. The van der Waals surface area contributed by atoms with E-state index in [0.29, 0.717) is 5.92 Å². The van der Waals surface area contributed by atoms with Crippen molar-refractivity contribution in [1.29, 1.82) is 0 Å². The van der Waals surface area contributed by atoms with Gasteiger partial charge in [-0.05, 0) is 30.4 Å². The lowest BCUT2D eigenvalue weighted by Crippen LogP contribution is -1.97. The van der Waals surface area contributed by atoms with E-state index in [-0.39, 0.29) is 6.42 Å². The van der Waals surface area contributed by atoms with Crippen LogP contribution in [-0.2, 0) is 11.8 Å². The maximum Gasteiger partial charge on any atom is 0.303 e. The zero-order valence-corrected chi connectivity index (χ0v) is 8.73. The predicted molar refractivity (Wildman–Crippen MR) is 55.3 cm³/mol. The molecule has 1 heterocycles. The topological polar surface area (TPSA) is 42.2 Å². The maximum atomic E-state index is 10.3. The van der Waals surface area contributed by atoms with Crippen LogP contribution in [-0.4, -0.2) is 15.6 Å². The number of hydrogen-bond acceptors (Lipinski definition) is 1. The van der Waals surface area contributed by atoms with Gasteiger partial charge in [0, 0.05) is 25.9 Å². The number of carboxylic acid groups (broad SMARTS) is 1. The summed E-state index contributed by atoms with van der Waals surface area (Å²) in [5.41, 5.74) is 1.29. The Morgan fingerprint density at radius 2 is 2.36 bits per heavy atom. The van der Waals surface area contributed by atoms with Gasteiger partial charge in [0.2, 0.25) is 0 Å². The molecule has 0 amide bonds. The Balaban J connectivity index is 2.35. The van der Waals surface area contributed by atoms with Crippen LogP contribution in [0.4, 0.5) is 0 Å². The molecule has 78 valence electrons. The molecule has 0 aliphatic heterocycles. The fraction of sp³-hybridized carbons (Fsp3) is 0.545. The van der Waals surface area contributed by atoms with Crippen molar-refractivity contribution < 1.29 is 9.90 Å². The van der Waals surface area contributed by atoms with Gasteiger partial charge in [0.05, 0.1) is 0 Å². The third-order valence-corrected chi connectivity index (χ3v) is 2.45. The summed E-state index contributed by atoms with van der Waals surface area (Å²) in [6.45, 7) is 2.14. The number of aliphatic carboxylic acids is 1. The van der Waals surface area contributed by atoms with Crippen molar-refractivity contribution in [3.05, 3.63) is 24.0 Å². The first kappa shape index (κ1) is 10.8. The van der Waals surface area contributed by atoms with Crippen LogP contribution in [0.5, 0.6) is 0 Å². The summed E-state index contributed by atoms with van der Waals surface area (Å²) in [6.07, 6.45) is 6.08. The largest absolute Gasteiger partial charge is 0.481 e. The molecular formula is C11H17NO2. The first-order chi connectivity index (χ1) is 6.59. The molecule has 0 bridgehead atoms. The van der Waals surface area contributed by atoms with E-state index >= 15 is 0 Å². The van der Waals surface area contributed by atoms with E-state index in [2.05, 4.69) is 19.2 Å². The number of carbonyl (C=O) groups is 1. The Bertz CT molecular complexity index is 304. The molecule has 0 fully saturated rings. The Kier molecular flexibility index (Phi) is 3.74. The molecule has 1 aromatic heterocycles. The van der Waals surface area contributed by atoms with Crippen LogP contribution in [0.25, 0.3) is 0 Å². The molecule has 0 aliphatic carbocycles. The van der Waals surface area contributed by atoms with E-state index in [4.69, 9.17) is 5.11 Å². The minimum Gasteiger partial charge on any atom is -0.481 e. The van der Waals surface area contributed by atoms with Crippen LogP contribution in [0.2, 0.25) is 0 Å². The third kappa shape index (κ3) is 3.24. The summed E-state index contributed by atoms with van der Waals surface area (Å²) < 4.78 is 2.02. The third-order valence-electron chi connectivity index (χ3n) is 2.45. The minimum atomic E-state index is -0.703. The molecule has 1 atom stereocenters. The highest BCUT2D eigenvalue weighted by Crippen LogP contribution is 2.21. The Morgan fingerprint density at radius 3 is 2.86 bits per heavy atom. The van der Waals surface area contributed by atoms with Crippen molar-refractivity contribution >= 4 is 5.97 Å². The molecule has 0 spiro atoms. The maximum absolute atomic E-state index is 10.3. The fourth-order valence-corrected chi connectivity index (χ4v) is 1.54. The first-order valence-corrected chi connectivity index (χ1v) is 4.93. The summed E-state index contributed by atoms with van der Waals surface area (Å²) in [5, 5.41) is 8.50. The van der Waals surface area contributed by atoms with E-state index in [0.717, 1.165) is 12.8 Å². The van der Waals surface area contributed by atoms with Gasteiger partial charge in [-0.2, -0.15) is 0 Å². The lowest BCUT2D eigenvalue weighted by molar-refractivity contribution is -0.137. The van der Waals surface area contributed by atoms with Gasteiger partial charge >= 0.3 is 5.97 Å². The van der Waals surface area contributed by atoms with Gasteiger partial charge in [0.25, 0.3) is 0 Å². The number of aryl methyl sites for hydroxylation is 1. The molecule has 0 radical (unpaired) electrons. The average Bonchev–Trinajstić information content (AvgIpc) is 2.51. The molecule has 0 aliphatic rings. The molecule has 3 heteroatoms. The molecular weight excluding hydrogens is 178 g/mol. The van der Waals surface area contributed by atoms with Crippen molar-refractivity contribution in [1.82, 2.24) is 4.57 Å². The predicted octanol–water partition coefficient (Wildman–Crippen LogP) is 2.38. The van der Waals surface area contributed by atoms with Crippen LogP contribution in [0, 0.1) is 0 Å². The molecule has 1 rings (SSSR count). The highest BCUT2D eigenvalue weighted by atomic mass is 16.4. The van der Waals surface area contributed by atoms with Gasteiger partial charge in [-0.3, -0.25) is 4.79 Å². The van der Waals surface area contributed by atoms with Crippen LogP contribution < -0.4 is 0 Å². The Labute approximate surface area is 84.4 Å². The quantitative estimate of drug-likeness (QED) is 0.783. The highest BCUT2D eigenvalue weighted by Gasteiger charge is 2.07. The lowest BCUT2D eigenvalue weighted by atomic mass is 9.98. The van der Waals surface area contributed by atoms with Crippen LogP contribution >= 0.6 is 0 Å². The van der Waals surface area contributed by atoms with Crippen molar-refractivity contribution in [3.63, 3.8) is 0 Å². The first-order valence-electron chi connectivity index (χ1n) is 4.93. The monoisotopic (exact) mass is 195 g/mol. The van der Waals surface area contributed by atoms with Crippen LogP contribution in [0.15, 0.2) is 18.5 Å². The fourth-order valence-electron chi connectivity index (χ4n) is 1.54. The lowest BCUT2D eigenvalue weighted by Gasteiger charge is -2.07. The Hall–Kier alpha value is -1.25. The second-order valence-corrected chi connectivity index (χ2v) is 3.80. The van der Waals surface area contributed by atoms with Gasteiger partial charge in [-0.25, -0.2) is 0 Å². The van der Waals surface area contributed by atoms with E-state index in [1.165, 1.54) is 5.56 Å². The van der Waals surface area contributed by atoms with Crippen molar-refractivity contribution in [3.8, 4) is 0 Å². The van der Waals surface area contributed by atoms with Crippen LogP contribution in [0.3, 0.4) is 0 Å². The molecule has 3 nitrogen and oxygen atoms in total. The van der Waals surface area contributed by atoms with E-state index in [1.807, 2.05) is 17.8 Å². The second kappa shape index (κ2) is 4.84. The van der Waals surface area contributed by atoms with Crippen molar-refractivity contribution in [2.75, 3.05) is 0 Å². The van der Waals surface area contributed by atoms with E-state index in [9.17, 15) is 4.79 Å². The van der Waals surface area contributed by atoms with Crippen molar-refractivity contribution in [2.24, 2.45) is 7.05 Å². The van der Waals surface area contributed by atoms with Crippen molar-refractivity contribution in [2.45, 2.75) is 32.1 Å². The average molecular weight is 195 g/mol. The number of carboxylic acids is 1. The molecule has 14 heavy (non-hydrogen) atoms. The zero-order chi connectivity index (χ0) is 10.6. The minimum absolute atomic E-state index is 0.275. The van der Waals surface area contributed by atoms with Gasteiger partial charge in [-0.1, -0.05) is 6.92 Å². The molecule has 1 N–H and O–H groups in total. The summed E-state index contributed by atoms with van der Waals surface area (Å²) in [4.78, 5) is 10.3. The van der Waals surface area contributed by atoms with Gasteiger partial charge < -0.3 is 9.67 Å². The summed E-state index contributed by atoms with van der Waals surface area (Å²) in [7, 11) is 1.99. The summed E-state index contributed by atoms with van der Waals surface area (Å²) in [6, 6.07) is 2.09. The van der Waals surface area contributed by atoms with Gasteiger partial charge in [0.15, 0.2) is 0 Å². The number of nitrogens with zero attached hydrogens (tertiary/aromatic N) is 1. The molecule has 0 saturated heterocycles. The normalized spacial score (nSPS) is 12.7. The molecule has 1 aromatic rings. The number of aromatic nitrogens is 1. The van der Waals surface area contributed by atoms with Crippen LogP contribution in [0.1, 0.15) is 37.7 Å². The second-order valence-electron chi connectivity index (χ2n) is 3.80. The van der Waals surface area contributed by atoms with E-state index in [1.54, 1.807) is 0 Å². The molecule has 0 aromatic carbocycles. The number of rotatable bonds is 5. The molecule has 1 unspecified atom stereocenters. The summed E-state index contributed by atoms with van der Waals surface area (Å²) in [5.74, 6) is -0.249. The number of hydrogen-bond donors (Lipinski definition) is 1. The smallest absolute Gasteiger partial charge is 0.303 e.